The van der Waals surface area contributed by atoms with Crippen molar-refractivity contribution in [3.63, 3.8) is 0 Å². The Morgan fingerprint density at radius 3 is 2.45 bits per heavy atom. The van der Waals surface area contributed by atoms with E-state index in [-0.39, 0.29) is 47.7 Å². The van der Waals surface area contributed by atoms with Gasteiger partial charge in [0, 0.05) is 42.0 Å². The molecule has 1 fully saturated rings. The largest absolute Gasteiger partial charge is 0.334 e. The minimum Gasteiger partial charge on any atom is -0.334 e. The van der Waals surface area contributed by atoms with Crippen molar-refractivity contribution in [2.24, 2.45) is 0 Å². The molecule has 1 saturated carbocycles. The van der Waals surface area contributed by atoms with Gasteiger partial charge in [0.2, 0.25) is 15.9 Å². The summed E-state index contributed by atoms with van der Waals surface area (Å²) in [5, 5.41) is 0.225. The fourth-order valence-corrected chi connectivity index (χ4v) is 5.10. The maximum Gasteiger partial charge on any atom is 0.251 e. The van der Waals surface area contributed by atoms with E-state index in [0.717, 1.165) is 23.5 Å². The van der Waals surface area contributed by atoms with Gasteiger partial charge in [-0.2, -0.15) is 4.31 Å². The molecule has 1 aliphatic carbocycles. The highest BCUT2D eigenvalue weighted by molar-refractivity contribution is 7.89. The fraction of sp³-hybridized carbons (Fsp3) is 0.429. The smallest absolute Gasteiger partial charge is 0.251 e. The number of carbonyl (C=O) groups is 1. The van der Waals surface area contributed by atoms with E-state index in [1.807, 2.05) is 0 Å². The molecule has 1 aromatic carbocycles. The van der Waals surface area contributed by atoms with Gasteiger partial charge in [0.1, 0.15) is 12.4 Å². The zero-order valence-corrected chi connectivity index (χ0v) is 19.0. The number of nitrogens with zero attached hydrogens (tertiary/aromatic N) is 3. The first-order chi connectivity index (χ1) is 14.7. The highest BCUT2D eigenvalue weighted by Gasteiger charge is 2.33. The van der Waals surface area contributed by atoms with Crippen molar-refractivity contribution in [2.75, 3.05) is 13.1 Å². The van der Waals surface area contributed by atoms with E-state index in [2.05, 4.69) is 0 Å². The van der Waals surface area contributed by atoms with Gasteiger partial charge >= 0.3 is 0 Å². The molecular weight excluding hydrogens is 445 g/mol. The van der Waals surface area contributed by atoms with Crippen LogP contribution in [0.15, 0.2) is 46.2 Å². The zero-order chi connectivity index (χ0) is 22.8. The number of rotatable bonds is 9. The maximum absolute atomic E-state index is 14.2. The van der Waals surface area contributed by atoms with Crippen LogP contribution in [-0.2, 0) is 27.9 Å². The lowest BCUT2D eigenvalue weighted by atomic mass is 10.2. The summed E-state index contributed by atoms with van der Waals surface area (Å²) < 4.78 is 42.1. The van der Waals surface area contributed by atoms with E-state index in [1.54, 1.807) is 19.9 Å². The van der Waals surface area contributed by atoms with Gasteiger partial charge in [0.25, 0.3) is 5.56 Å². The minimum absolute atomic E-state index is 0.0127. The van der Waals surface area contributed by atoms with E-state index in [0.29, 0.717) is 0 Å². The molecule has 1 aromatic heterocycles. The summed E-state index contributed by atoms with van der Waals surface area (Å²) in [5.74, 6) is -0.906. The van der Waals surface area contributed by atoms with Crippen LogP contribution in [0, 0.1) is 5.82 Å². The first kappa shape index (κ1) is 23.4. The predicted octanol–water partition coefficient (Wildman–Crippen LogP) is 2.86. The van der Waals surface area contributed by atoms with Crippen molar-refractivity contribution in [1.29, 1.82) is 0 Å². The molecule has 0 spiro atoms. The Morgan fingerprint density at radius 1 is 1.19 bits per heavy atom. The van der Waals surface area contributed by atoms with Gasteiger partial charge < -0.3 is 9.47 Å². The van der Waals surface area contributed by atoms with Crippen LogP contribution in [0.1, 0.15) is 32.3 Å². The SMILES string of the molecule is CCN(CC)S(=O)(=O)c1ccc(=O)n(CC(=O)N(Cc2c(F)cccc2Cl)C2CC2)c1. The molecule has 31 heavy (non-hydrogen) atoms. The molecule has 0 unspecified atom stereocenters. The second-order valence-electron chi connectivity index (χ2n) is 7.37. The standard InChI is InChI=1S/C21H25ClFN3O4S/c1-3-25(4-2)31(29,30)16-10-11-20(27)24(12-16)14-21(28)26(15-8-9-15)13-17-18(22)6-5-7-19(17)23/h5-7,10-12,15H,3-4,8-9,13-14H2,1-2H3. The zero-order valence-electron chi connectivity index (χ0n) is 17.4. The first-order valence-corrected chi connectivity index (χ1v) is 11.9. The molecule has 0 N–H and O–H groups in total. The molecule has 1 aliphatic rings. The second-order valence-corrected chi connectivity index (χ2v) is 9.72. The van der Waals surface area contributed by atoms with Gasteiger partial charge in [0.05, 0.1) is 11.4 Å². The lowest BCUT2D eigenvalue weighted by Crippen LogP contribution is -2.38. The van der Waals surface area contributed by atoms with Crippen LogP contribution in [0.25, 0.3) is 0 Å². The van der Waals surface area contributed by atoms with Crippen LogP contribution in [0.5, 0.6) is 0 Å². The molecule has 0 radical (unpaired) electrons. The first-order valence-electron chi connectivity index (χ1n) is 10.1. The molecule has 0 aliphatic heterocycles. The molecular formula is C21H25ClFN3O4S. The number of pyridine rings is 1. The number of hydrogen-bond acceptors (Lipinski definition) is 4. The molecule has 168 valence electrons. The summed E-state index contributed by atoms with van der Waals surface area (Å²) in [6, 6.07) is 6.66. The second kappa shape index (κ2) is 9.50. The Labute approximate surface area is 186 Å². The number of aromatic nitrogens is 1. The monoisotopic (exact) mass is 469 g/mol. The van der Waals surface area contributed by atoms with Crippen LogP contribution in [0.2, 0.25) is 5.02 Å². The van der Waals surface area contributed by atoms with Gasteiger partial charge in [-0.25, -0.2) is 12.8 Å². The number of halogens is 2. The van der Waals surface area contributed by atoms with Crippen molar-refractivity contribution >= 4 is 27.5 Å². The van der Waals surface area contributed by atoms with E-state index in [9.17, 15) is 22.4 Å². The van der Waals surface area contributed by atoms with Gasteiger partial charge in [-0.1, -0.05) is 31.5 Å². The average Bonchev–Trinajstić information content (AvgIpc) is 3.55. The minimum atomic E-state index is -3.78. The summed E-state index contributed by atoms with van der Waals surface area (Å²) in [7, 11) is -3.78. The summed E-state index contributed by atoms with van der Waals surface area (Å²) in [6.07, 6.45) is 2.75. The van der Waals surface area contributed by atoms with Crippen LogP contribution < -0.4 is 5.56 Å². The Bertz CT molecular complexity index is 1110. The van der Waals surface area contributed by atoms with Crippen LogP contribution in [-0.4, -0.2) is 47.2 Å². The number of amides is 1. The molecule has 1 amide bonds. The Morgan fingerprint density at radius 2 is 1.87 bits per heavy atom. The molecule has 0 bridgehead atoms. The van der Waals surface area contributed by atoms with Gasteiger partial charge in [-0.05, 0) is 31.0 Å². The molecule has 7 nitrogen and oxygen atoms in total. The van der Waals surface area contributed by atoms with Crippen LogP contribution in [0.4, 0.5) is 4.39 Å². The van der Waals surface area contributed by atoms with E-state index in [1.165, 1.54) is 33.6 Å². The van der Waals surface area contributed by atoms with E-state index >= 15 is 0 Å². The highest BCUT2D eigenvalue weighted by atomic mass is 35.5. The fourth-order valence-electron chi connectivity index (χ4n) is 3.40. The van der Waals surface area contributed by atoms with Gasteiger partial charge in [-0.15, -0.1) is 0 Å². The quantitative estimate of drug-likeness (QED) is 0.565. The summed E-state index contributed by atoms with van der Waals surface area (Å²) in [5.41, 5.74) is -0.277. The molecule has 10 heteroatoms. The van der Waals surface area contributed by atoms with Crippen molar-refractivity contribution in [3.8, 4) is 0 Å². The van der Waals surface area contributed by atoms with Crippen molar-refractivity contribution < 1.29 is 17.6 Å². The van der Waals surface area contributed by atoms with Crippen LogP contribution in [0.3, 0.4) is 0 Å². The maximum atomic E-state index is 14.2. The van der Waals surface area contributed by atoms with E-state index < -0.39 is 27.3 Å². The molecule has 0 atom stereocenters. The lowest BCUT2D eigenvalue weighted by Gasteiger charge is -2.24. The molecule has 0 saturated heterocycles. The van der Waals surface area contributed by atoms with Crippen LogP contribution >= 0.6 is 11.6 Å². The highest BCUT2D eigenvalue weighted by Crippen LogP contribution is 2.31. The van der Waals surface area contributed by atoms with Crippen molar-refractivity contribution in [1.82, 2.24) is 13.8 Å². The normalized spacial score (nSPS) is 14.1. The molecule has 3 rings (SSSR count). The Kier molecular flexibility index (Phi) is 7.18. The third kappa shape index (κ3) is 5.16. The average molecular weight is 470 g/mol. The number of sulfonamides is 1. The number of benzene rings is 1. The third-order valence-corrected chi connectivity index (χ3v) is 7.69. The topological polar surface area (TPSA) is 79.7 Å². The number of hydrogen-bond donors (Lipinski definition) is 0. The van der Waals surface area contributed by atoms with E-state index in [4.69, 9.17) is 11.6 Å². The van der Waals surface area contributed by atoms with Crippen molar-refractivity contribution in [3.05, 3.63) is 63.3 Å². The molecule has 1 heterocycles. The predicted molar refractivity (Wildman–Crippen MR) is 116 cm³/mol. The van der Waals surface area contributed by atoms with Crippen molar-refractivity contribution in [2.45, 2.75) is 50.7 Å². The lowest BCUT2D eigenvalue weighted by molar-refractivity contribution is -0.133. The van der Waals surface area contributed by atoms with Gasteiger partial charge in [0.15, 0.2) is 0 Å². The summed E-state index contributed by atoms with van der Waals surface area (Å²) in [4.78, 5) is 26.8. The Hall–Kier alpha value is -2.23. The Balaban J connectivity index is 1.87. The van der Waals surface area contributed by atoms with Gasteiger partial charge in [-0.3, -0.25) is 9.59 Å². The molecule has 2 aromatic rings. The number of carbonyl (C=O) groups excluding carboxylic acids is 1. The third-order valence-electron chi connectivity index (χ3n) is 5.30. The summed E-state index contributed by atoms with van der Waals surface area (Å²) >= 11 is 6.11. The summed E-state index contributed by atoms with van der Waals surface area (Å²) in [6.45, 7) is 3.67.